The van der Waals surface area contributed by atoms with Crippen LogP contribution in [0.3, 0.4) is 0 Å². The Morgan fingerprint density at radius 1 is 1.14 bits per heavy atom. The number of hydrogen-bond donors (Lipinski definition) is 2. The molecule has 1 aliphatic rings. The van der Waals surface area contributed by atoms with E-state index >= 15 is 0 Å². The third kappa shape index (κ3) is 1.93. The molecule has 0 aromatic carbocycles. The van der Waals surface area contributed by atoms with Crippen molar-refractivity contribution >= 4 is 0 Å². The zero-order valence-corrected chi connectivity index (χ0v) is 8.90. The van der Waals surface area contributed by atoms with E-state index in [2.05, 4.69) is 0 Å². The average molecular weight is 204 g/mol. The number of rotatable bonds is 6. The summed E-state index contributed by atoms with van der Waals surface area (Å²) in [6, 6.07) is 0. The van der Waals surface area contributed by atoms with Crippen molar-refractivity contribution in [3.05, 3.63) is 0 Å². The number of hydrogen-bond acceptors (Lipinski definition) is 4. The minimum absolute atomic E-state index is 0.00519. The molecule has 14 heavy (non-hydrogen) atoms. The van der Waals surface area contributed by atoms with Crippen molar-refractivity contribution < 1.29 is 19.7 Å². The van der Waals surface area contributed by atoms with Gasteiger partial charge in [0.2, 0.25) is 0 Å². The maximum atomic E-state index is 9.21. The van der Waals surface area contributed by atoms with Crippen LogP contribution in [0.2, 0.25) is 0 Å². The van der Waals surface area contributed by atoms with E-state index < -0.39 is 5.79 Å². The highest BCUT2D eigenvalue weighted by molar-refractivity contribution is 4.97. The standard InChI is InChI=1S/C10H20O4/c1-3-13-10(14-4-2)5-8(6-11)9(10)7-12/h8-9,11-12H,3-7H2,1-2H3/t8-,9-/m0/s1. The van der Waals surface area contributed by atoms with E-state index in [1.165, 1.54) is 0 Å². The molecule has 0 bridgehead atoms. The van der Waals surface area contributed by atoms with E-state index in [-0.39, 0.29) is 25.0 Å². The van der Waals surface area contributed by atoms with Crippen LogP contribution >= 0.6 is 0 Å². The van der Waals surface area contributed by atoms with E-state index in [4.69, 9.17) is 14.6 Å². The van der Waals surface area contributed by atoms with Crippen LogP contribution < -0.4 is 0 Å². The van der Waals surface area contributed by atoms with Gasteiger partial charge in [-0.05, 0) is 19.8 Å². The van der Waals surface area contributed by atoms with Gasteiger partial charge >= 0.3 is 0 Å². The molecule has 0 heterocycles. The van der Waals surface area contributed by atoms with Gasteiger partial charge in [-0.15, -0.1) is 0 Å². The van der Waals surface area contributed by atoms with Crippen molar-refractivity contribution in [2.45, 2.75) is 26.1 Å². The Morgan fingerprint density at radius 3 is 2.07 bits per heavy atom. The van der Waals surface area contributed by atoms with Crippen LogP contribution in [0.4, 0.5) is 0 Å². The molecule has 1 aliphatic carbocycles. The summed E-state index contributed by atoms with van der Waals surface area (Å²) in [6.07, 6.45) is 0.677. The topological polar surface area (TPSA) is 58.9 Å². The predicted octanol–water partition coefficient (Wildman–Crippen LogP) is 0.376. The Bertz CT molecular complexity index is 166. The van der Waals surface area contributed by atoms with Gasteiger partial charge in [-0.3, -0.25) is 0 Å². The molecule has 1 saturated carbocycles. The first-order valence-electron chi connectivity index (χ1n) is 5.23. The first-order chi connectivity index (χ1) is 6.74. The van der Waals surface area contributed by atoms with Crippen molar-refractivity contribution in [2.75, 3.05) is 26.4 Å². The molecule has 0 aromatic rings. The first-order valence-corrected chi connectivity index (χ1v) is 5.23. The Hall–Kier alpha value is -0.160. The van der Waals surface area contributed by atoms with E-state index in [0.29, 0.717) is 19.6 Å². The fourth-order valence-corrected chi connectivity index (χ4v) is 2.20. The van der Waals surface area contributed by atoms with Crippen LogP contribution in [0.15, 0.2) is 0 Å². The molecular weight excluding hydrogens is 184 g/mol. The summed E-state index contributed by atoms with van der Waals surface area (Å²) in [5.41, 5.74) is 0. The summed E-state index contributed by atoms with van der Waals surface area (Å²) in [5, 5.41) is 18.2. The van der Waals surface area contributed by atoms with Crippen molar-refractivity contribution in [1.82, 2.24) is 0 Å². The monoisotopic (exact) mass is 204 g/mol. The molecule has 4 nitrogen and oxygen atoms in total. The maximum absolute atomic E-state index is 9.21. The van der Waals surface area contributed by atoms with Gasteiger partial charge in [0.1, 0.15) is 0 Å². The molecule has 0 radical (unpaired) electrons. The molecular formula is C10H20O4. The fraction of sp³-hybridized carbons (Fsp3) is 1.00. The molecule has 2 atom stereocenters. The molecule has 0 unspecified atom stereocenters. The van der Waals surface area contributed by atoms with E-state index in [1.807, 2.05) is 13.8 Å². The minimum atomic E-state index is -0.647. The van der Waals surface area contributed by atoms with E-state index in [9.17, 15) is 5.11 Å². The summed E-state index contributed by atoms with van der Waals surface area (Å²) >= 11 is 0. The minimum Gasteiger partial charge on any atom is -0.396 e. The molecule has 0 aromatic heterocycles. The van der Waals surface area contributed by atoms with Crippen LogP contribution in [-0.4, -0.2) is 42.4 Å². The van der Waals surface area contributed by atoms with Crippen LogP contribution in [0.5, 0.6) is 0 Å². The highest BCUT2D eigenvalue weighted by Crippen LogP contribution is 2.47. The SMILES string of the molecule is CCOC1(OCC)C[C@@H](CO)[C@@H]1CO. The summed E-state index contributed by atoms with van der Waals surface area (Å²) in [7, 11) is 0. The van der Waals surface area contributed by atoms with Gasteiger partial charge < -0.3 is 19.7 Å². The lowest BCUT2D eigenvalue weighted by Gasteiger charge is -2.52. The number of aliphatic hydroxyl groups is 2. The lowest BCUT2D eigenvalue weighted by atomic mass is 9.68. The van der Waals surface area contributed by atoms with Gasteiger partial charge in [0, 0.05) is 32.2 Å². The molecule has 1 fully saturated rings. The third-order valence-corrected chi connectivity index (χ3v) is 2.89. The second-order valence-electron chi connectivity index (χ2n) is 3.61. The molecule has 84 valence electrons. The molecule has 1 rings (SSSR count). The van der Waals surface area contributed by atoms with E-state index in [0.717, 1.165) is 0 Å². The maximum Gasteiger partial charge on any atom is 0.173 e. The zero-order chi connectivity index (χ0) is 10.6. The second kappa shape index (κ2) is 5.07. The first kappa shape index (κ1) is 11.9. The molecule has 0 saturated heterocycles. The van der Waals surface area contributed by atoms with Gasteiger partial charge in [0.05, 0.1) is 6.61 Å². The Labute approximate surface area is 84.8 Å². The summed E-state index contributed by atoms with van der Waals surface area (Å²) in [6.45, 7) is 5.03. The van der Waals surface area contributed by atoms with Crippen LogP contribution in [0.25, 0.3) is 0 Å². The van der Waals surface area contributed by atoms with E-state index in [1.54, 1.807) is 0 Å². The quantitative estimate of drug-likeness (QED) is 0.614. The molecule has 0 spiro atoms. The van der Waals surface area contributed by atoms with Gasteiger partial charge in [0.15, 0.2) is 5.79 Å². The van der Waals surface area contributed by atoms with Crippen molar-refractivity contribution in [1.29, 1.82) is 0 Å². The number of ether oxygens (including phenoxy) is 2. The smallest absolute Gasteiger partial charge is 0.173 e. The Morgan fingerprint density at radius 2 is 1.71 bits per heavy atom. The van der Waals surface area contributed by atoms with Crippen molar-refractivity contribution in [2.24, 2.45) is 11.8 Å². The van der Waals surface area contributed by atoms with Crippen molar-refractivity contribution in [3.8, 4) is 0 Å². The molecule has 4 heteroatoms. The fourth-order valence-electron chi connectivity index (χ4n) is 2.20. The van der Waals surface area contributed by atoms with Gasteiger partial charge in [-0.2, -0.15) is 0 Å². The summed E-state index contributed by atoms with van der Waals surface area (Å²) in [5.74, 6) is -0.628. The van der Waals surface area contributed by atoms with Crippen LogP contribution in [0.1, 0.15) is 20.3 Å². The van der Waals surface area contributed by atoms with Crippen molar-refractivity contribution in [3.63, 3.8) is 0 Å². The zero-order valence-electron chi connectivity index (χ0n) is 8.90. The molecule has 2 N–H and O–H groups in total. The average Bonchev–Trinajstić information content (AvgIpc) is 2.15. The Balaban J connectivity index is 2.60. The largest absolute Gasteiger partial charge is 0.396 e. The van der Waals surface area contributed by atoms with Gasteiger partial charge in [-0.25, -0.2) is 0 Å². The number of aliphatic hydroxyl groups excluding tert-OH is 2. The lowest BCUT2D eigenvalue weighted by Crippen LogP contribution is -2.60. The third-order valence-electron chi connectivity index (χ3n) is 2.89. The Kier molecular flexibility index (Phi) is 4.31. The van der Waals surface area contributed by atoms with Gasteiger partial charge in [0.25, 0.3) is 0 Å². The lowest BCUT2D eigenvalue weighted by molar-refractivity contribution is -0.337. The molecule has 0 aliphatic heterocycles. The predicted molar refractivity (Wildman–Crippen MR) is 51.8 cm³/mol. The highest BCUT2D eigenvalue weighted by atomic mass is 16.7. The normalized spacial score (nSPS) is 30.0. The summed E-state index contributed by atoms with van der Waals surface area (Å²) < 4.78 is 11.1. The van der Waals surface area contributed by atoms with Crippen LogP contribution in [0, 0.1) is 11.8 Å². The highest BCUT2D eigenvalue weighted by Gasteiger charge is 2.55. The summed E-state index contributed by atoms with van der Waals surface area (Å²) in [4.78, 5) is 0. The second-order valence-corrected chi connectivity index (χ2v) is 3.61. The van der Waals surface area contributed by atoms with Gasteiger partial charge in [-0.1, -0.05) is 0 Å². The molecule has 0 amide bonds. The van der Waals surface area contributed by atoms with Crippen LogP contribution in [-0.2, 0) is 9.47 Å².